The first-order valence-electron chi connectivity index (χ1n) is 6.55. The lowest BCUT2D eigenvalue weighted by atomic mass is 9.87. The molecule has 17 heavy (non-hydrogen) atoms. The van der Waals surface area contributed by atoms with Crippen LogP contribution in [0.5, 0.6) is 0 Å². The van der Waals surface area contributed by atoms with Crippen molar-refractivity contribution in [3.63, 3.8) is 0 Å². The summed E-state index contributed by atoms with van der Waals surface area (Å²) >= 11 is 0. The first-order valence-corrected chi connectivity index (χ1v) is 6.55. The Morgan fingerprint density at radius 3 is 3.06 bits per heavy atom. The van der Waals surface area contributed by atoms with Crippen LogP contribution >= 0.6 is 0 Å². The molecular formula is C14H23N3. The second kappa shape index (κ2) is 6.12. The summed E-state index contributed by atoms with van der Waals surface area (Å²) in [6, 6.07) is 6.13. The van der Waals surface area contributed by atoms with E-state index in [1.54, 1.807) is 0 Å². The highest BCUT2D eigenvalue weighted by Crippen LogP contribution is 2.19. The number of nitrogens with zero attached hydrogens (tertiary/aromatic N) is 2. The summed E-state index contributed by atoms with van der Waals surface area (Å²) in [5.74, 6) is 1.61. The molecule has 1 saturated heterocycles. The van der Waals surface area contributed by atoms with Gasteiger partial charge in [-0.3, -0.25) is 4.98 Å². The number of aromatic nitrogens is 1. The number of nitrogens with one attached hydrogen (secondary N) is 1. The maximum Gasteiger partial charge on any atom is 0.0543 e. The molecule has 0 aromatic carbocycles. The SMILES string of the molecule is CC1CNCCC1CN(C)Cc1ccccn1. The van der Waals surface area contributed by atoms with E-state index in [-0.39, 0.29) is 0 Å². The Morgan fingerprint density at radius 1 is 1.47 bits per heavy atom. The summed E-state index contributed by atoms with van der Waals surface area (Å²) in [6.45, 7) is 6.83. The van der Waals surface area contributed by atoms with Crippen LogP contribution in [0.2, 0.25) is 0 Å². The van der Waals surface area contributed by atoms with E-state index in [9.17, 15) is 0 Å². The van der Waals surface area contributed by atoms with E-state index in [0.29, 0.717) is 0 Å². The Balaban J connectivity index is 1.82. The minimum absolute atomic E-state index is 0.787. The fraction of sp³-hybridized carbons (Fsp3) is 0.643. The Morgan fingerprint density at radius 2 is 2.35 bits per heavy atom. The van der Waals surface area contributed by atoms with Crippen molar-refractivity contribution in [3.8, 4) is 0 Å². The zero-order valence-corrected chi connectivity index (χ0v) is 10.9. The lowest BCUT2D eigenvalue weighted by Gasteiger charge is -2.32. The predicted molar refractivity (Wildman–Crippen MR) is 70.7 cm³/mol. The monoisotopic (exact) mass is 233 g/mol. The summed E-state index contributed by atoms with van der Waals surface area (Å²) in [6.07, 6.45) is 3.17. The van der Waals surface area contributed by atoms with Crippen molar-refractivity contribution < 1.29 is 0 Å². The van der Waals surface area contributed by atoms with E-state index >= 15 is 0 Å². The molecule has 2 atom stereocenters. The molecule has 0 saturated carbocycles. The quantitative estimate of drug-likeness (QED) is 0.859. The molecule has 0 spiro atoms. The predicted octanol–water partition coefficient (Wildman–Crippen LogP) is 1.76. The molecule has 2 rings (SSSR count). The molecule has 1 aliphatic heterocycles. The second-order valence-electron chi connectivity index (χ2n) is 5.25. The topological polar surface area (TPSA) is 28.2 Å². The maximum atomic E-state index is 4.38. The van der Waals surface area contributed by atoms with Gasteiger partial charge in [-0.15, -0.1) is 0 Å². The highest BCUT2D eigenvalue weighted by Gasteiger charge is 2.22. The average molecular weight is 233 g/mol. The molecule has 94 valence electrons. The van der Waals surface area contributed by atoms with Crippen molar-refractivity contribution in [2.45, 2.75) is 19.9 Å². The molecule has 1 aliphatic rings. The van der Waals surface area contributed by atoms with Gasteiger partial charge in [-0.05, 0) is 50.5 Å². The van der Waals surface area contributed by atoms with Gasteiger partial charge >= 0.3 is 0 Å². The van der Waals surface area contributed by atoms with E-state index in [0.717, 1.165) is 24.1 Å². The Kier molecular flexibility index (Phi) is 4.51. The van der Waals surface area contributed by atoms with Crippen molar-refractivity contribution in [1.82, 2.24) is 15.2 Å². The minimum Gasteiger partial charge on any atom is -0.316 e. The third-order valence-electron chi connectivity index (χ3n) is 3.67. The van der Waals surface area contributed by atoms with Crippen molar-refractivity contribution in [1.29, 1.82) is 0 Å². The zero-order valence-electron chi connectivity index (χ0n) is 10.9. The number of rotatable bonds is 4. The van der Waals surface area contributed by atoms with Crippen molar-refractivity contribution in [2.24, 2.45) is 11.8 Å². The van der Waals surface area contributed by atoms with E-state index in [4.69, 9.17) is 0 Å². The largest absolute Gasteiger partial charge is 0.316 e. The molecule has 0 amide bonds. The molecule has 2 unspecified atom stereocenters. The molecular weight excluding hydrogens is 210 g/mol. The molecule has 1 aromatic rings. The molecule has 3 heteroatoms. The second-order valence-corrected chi connectivity index (χ2v) is 5.25. The van der Waals surface area contributed by atoms with Crippen LogP contribution in [-0.2, 0) is 6.54 Å². The van der Waals surface area contributed by atoms with E-state index in [2.05, 4.69) is 41.3 Å². The molecule has 1 N–H and O–H groups in total. The Labute approximate surface area is 104 Å². The first-order chi connectivity index (χ1) is 8.25. The maximum absolute atomic E-state index is 4.38. The van der Waals surface area contributed by atoms with Gasteiger partial charge in [-0.2, -0.15) is 0 Å². The van der Waals surface area contributed by atoms with Crippen LogP contribution in [0.25, 0.3) is 0 Å². The number of pyridine rings is 1. The molecule has 3 nitrogen and oxygen atoms in total. The summed E-state index contributed by atoms with van der Waals surface area (Å²) in [4.78, 5) is 6.77. The van der Waals surface area contributed by atoms with Gasteiger partial charge in [0, 0.05) is 19.3 Å². The van der Waals surface area contributed by atoms with Crippen LogP contribution in [-0.4, -0.2) is 36.6 Å². The lowest BCUT2D eigenvalue weighted by molar-refractivity contribution is 0.186. The van der Waals surface area contributed by atoms with Gasteiger partial charge in [0.05, 0.1) is 5.69 Å². The summed E-state index contributed by atoms with van der Waals surface area (Å²) < 4.78 is 0. The Bertz CT molecular complexity index is 325. The molecule has 0 aliphatic carbocycles. The first kappa shape index (κ1) is 12.5. The zero-order chi connectivity index (χ0) is 12.1. The van der Waals surface area contributed by atoms with Gasteiger partial charge in [-0.25, -0.2) is 0 Å². The number of hydrogen-bond donors (Lipinski definition) is 1. The van der Waals surface area contributed by atoms with Gasteiger partial charge in [0.25, 0.3) is 0 Å². The number of piperidine rings is 1. The van der Waals surface area contributed by atoms with E-state index in [1.165, 1.54) is 26.1 Å². The molecule has 1 fully saturated rings. The summed E-state index contributed by atoms with van der Waals surface area (Å²) in [7, 11) is 2.20. The van der Waals surface area contributed by atoms with Gasteiger partial charge in [0.1, 0.15) is 0 Å². The normalized spacial score (nSPS) is 25.1. The third-order valence-corrected chi connectivity index (χ3v) is 3.67. The average Bonchev–Trinajstić information content (AvgIpc) is 2.33. The fourth-order valence-corrected chi connectivity index (χ4v) is 2.57. The molecule has 1 aromatic heterocycles. The molecule has 0 bridgehead atoms. The van der Waals surface area contributed by atoms with E-state index < -0.39 is 0 Å². The molecule has 2 heterocycles. The van der Waals surface area contributed by atoms with Crippen LogP contribution in [0, 0.1) is 11.8 Å². The smallest absolute Gasteiger partial charge is 0.0543 e. The van der Waals surface area contributed by atoms with Gasteiger partial charge < -0.3 is 10.2 Å². The van der Waals surface area contributed by atoms with Crippen LogP contribution in [0.3, 0.4) is 0 Å². The number of hydrogen-bond acceptors (Lipinski definition) is 3. The van der Waals surface area contributed by atoms with Crippen LogP contribution in [0.15, 0.2) is 24.4 Å². The minimum atomic E-state index is 0.787. The summed E-state index contributed by atoms with van der Waals surface area (Å²) in [5, 5.41) is 3.46. The highest BCUT2D eigenvalue weighted by atomic mass is 15.1. The molecule has 0 radical (unpaired) electrons. The van der Waals surface area contributed by atoms with Crippen LogP contribution in [0.4, 0.5) is 0 Å². The summed E-state index contributed by atoms with van der Waals surface area (Å²) in [5.41, 5.74) is 1.16. The fourth-order valence-electron chi connectivity index (χ4n) is 2.57. The highest BCUT2D eigenvalue weighted by molar-refractivity contribution is 5.03. The van der Waals surface area contributed by atoms with Gasteiger partial charge in [0.15, 0.2) is 0 Å². The third kappa shape index (κ3) is 3.79. The van der Waals surface area contributed by atoms with Crippen molar-refractivity contribution in [2.75, 3.05) is 26.7 Å². The van der Waals surface area contributed by atoms with Crippen molar-refractivity contribution >= 4 is 0 Å². The van der Waals surface area contributed by atoms with E-state index in [1.807, 2.05) is 12.3 Å². The van der Waals surface area contributed by atoms with Crippen molar-refractivity contribution in [3.05, 3.63) is 30.1 Å². The van der Waals surface area contributed by atoms with Crippen LogP contribution < -0.4 is 5.32 Å². The van der Waals surface area contributed by atoms with Gasteiger partial charge in [-0.1, -0.05) is 13.0 Å². The van der Waals surface area contributed by atoms with Crippen LogP contribution in [0.1, 0.15) is 19.0 Å². The van der Waals surface area contributed by atoms with Gasteiger partial charge in [0.2, 0.25) is 0 Å². The lowest BCUT2D eigenvalue weighted by Crippen LogP contribution is -2.40. The Hall–Kier alpha value is -0.930. The standard InChI is InChI=1S/C14H23N3/c1-12-9-15-8-6-13(12)10-17(2)11-14-5-3-4-7-16-14/h3-5,7,12-13,15H,6,8-11H2,1-2H3.